The van der Waals surface area contributed by atoms with Crippen LogP contribution in [0.15, 0.2) is 24.3 Å². The number of aliphatic hydroxyl groups is 1. The van der Waals surface area contributed by atoms with Crippen LogP contribution in [-0.4, -0.2) is 40.8 Å². The monoisotopic (exact) mass is 235 g/mol. The van der Waals surface area contributed by atoms with Crippen molar-refractivity contribution in [2.24, 2.45) is 5.92 Å². The third kappa shape index (κ3) is 2.84. The lowest BCUT2D eigenvalue weighted by atomic mass is 10.1. The van der Waals surface area contributed by atoms with Gasteiger partial charge in [-0.15, -0.1) is 0 Å². The molecule has 0 bridgehead atoms. The second-order valence-corrected chi connectivity index (χ2v) is 4.53. The fourth-order valence-corrected chi connectivity index (χ4v) is 2.31. The predicted molar refractivity (Wildman–Crippen MR) is 63.9 cm³/mol. The number of likely N-dealkylation sites (tertiary alicyclic amines) is 1. The van der Waals surface area contributed by atoms with Gasteiger partial charge in [0, 0.05) is 19.7 Å². The van der Waals surface area contributed by atoms with Gasteiger partial charge >= 0.3 is 5.97 Å². The zero-order valence-corrected chi connectivity index (χ0v) is 9.67. The first-order valence-electron chi connectivity index (χ1n) is 5.85. The maximum Gasteiger partial charge on any atom is 0.336 e. The number of carboxylic acids is 1. The Morgan fingerprint density at radius 2 is 2.18 bits per heavy atom. The van der Waals surface area contributed by atoms with Crippen LogP contribution < -0.4 is 0 Å². The normalized spacial score (nSPS) is 20.6. The summed E-state index contributed by atoms with van der Waals surface area (Å²) in [5.41, 5.74) is 1.22. The van der Waals surface area contributed by atoms with Gasteiger partial charge in [-0.3, -0.25) is 4.90 Å². The molecule has 1 unspecified atom stereocenters. The molecule has 0 aliphatic carbocycles. The highest BCUT2D eigenvalue weighted by atomic mass is 16.4. The molecule has 4 heteroatoms. The first-order chi connectivity index (χ1) is 8.20. The van der Waals surface area contributed by atoms with Gasteiger partial charge in [0.25, 0.3) is 0 Å². The first kappa shape index (κ1) is 12.1. The number of carbonyl (C=O) groups is 1. The quantitative estimate of drug-likeness (QED) is 0.823. The number of aromatic carboxylic acids is 1. The highest BCUT2D eigenvalue weighted by Gasteiger charge is 2.22. The highest BCUT2D eigenvalue weighted by molar-refractivity contribution is 5.89. The van der Waals surface area contributed by atoms with Gasteiger partial charge in [-0.2, -0.15) is 0 Å². The third-order valence-electron chi connectivity index (χ3n) is 3.27. The van der Waals surface area contributed by atoms with Gasteiger partial charge in [0.2, 0.25) is 0 Å². The van der Waals surface area contributed by atoms with Gasteiger partial charge in [0.1, 0.15) is 0 Å². The molecule has 1 aliphatic heterocycles. The number of carboxylic acid groups (broad SMARTS) is 1. The molecule has 0 saturated carbocycles. The molecule has 1 aliphatic rings. The number of hydrogen-bond donors (Lipinski definition) is 2. The van der Waals surface area contributed by atoms with Crippen LogP contribution in [0, 0.1) is 5.92 Å². The summed E-state index contributed by atoms with van der Waals surface area (Å²) in [7, 11) is 0. The minimum absolute atomic E-state index is 0.219. The minimum atomic E-state index is -0.876. The van der Waals surface area contributed by atoms with Crippen molar-refractivity contribution in [1.29, 1.82) is 0 Å². The number of benzene rings is 1. The van der Waals surface area contributed by atoms with Crippen LogP contribution in [0.3, 0.4) is 0 Å². The fraction of sp³-hybridized carbons (Fsp3) is 0.462. The van der Waals surface area contributed by atoms with E-state index in [2.05, 4.69) is 4.90 Å². The van der Waals surface area contributed by atoms with Gasteiger partial charge in [-0.1, -0.05) is 18.2 Å². The summed E-state index contributed by atoms with van der Waals surface area (Å²) in [6.07, 6.45) is 0.992. The van der Waals surface area contributed by atoms with Crippen molar-refractivity contribution in [1.82, 2.24) is 4.90 Å². The van der Waals surface area contributed by atoms with Crippen LogP contribution in [0.1, 0.15) is 22.3 Å². The van der Waals surface area contributed by atoms with Gasteiger partial charge < -0.3 is 10.2 Å². The molecule has 17 heavy (non-hydrogen) atoms. The van der Waals surface area contributed by atoms with E-state index in [1.807, 2.05) is 12.1 Å². The second-order valence-electron chi connectivity index (χ2n) is 4.53. The summed E-state index contributed by atoms with van der Waals surface area (Å²) in [5, 5.41) is 18.2. The number of nitrogens with zero attached hydrogens (tertiary/aromatic N) is 1. The van der Waals surface area contributed by atoms with E-state index in [9.17, 15) is 4.79 Å². The molecule has 1 aromatic carbocycles. The molecule has 0 spiro atoms. The van der Waals surface area contributed by atoms with Gasteiger partial charge in [-0.05, 0) is 30.5 Å². The maximum absolute atomic E-state index is 11.1. The topological polar surface area (TPSA) is 60.8 Å². The van der Waals surface area contributed by atoms with E-state index < -0.39 is 5.97 Å². The minimum Gasteiger partial charge on any atom is -0.478 e. The van der Waals surface area contributed by atoms with Crippen LogP contribution in [-0.2, 0) is 6.54 Å². The number of hydrogen-bond acceptors (Lipinski definition) is 3. The molecule has 1 heterocycles. The van der Waals surface area contributed by atoms with E-state index in [0.29, 0.717) is 18.0 Å². The average Bonchev–Trinajstić information content (AvgIpc) is 2.77. The molecule has 92 valence electrons. The lowest BCUT2D eigenvalue weighted by molar-refractivity contribution is 0.0694. The Kier molecular flexibility index (Phi) is 3.76. The number of aliphatic hydroxyl groups excluding tert-OH is 1. The summed E-state index contributed by atoms with van der Waals surface area (Å²) in [6.45, 7) is 2.65. The highest BCUT2D eigenvalue weighted by Crippen LogP contribution is 2.19. The lowest BCUT2D eigenvalue weighted by Crippen LogP contribution is -2.22. The van der Waals surface area contributed by atoms with E-state index in [4.69, 9.17) is 10.2 Å². The molecular weight excluding hydrogens is 218 g/mol. The van der Waals surface area contributed by atoms with Crippen molar-refractivity contribution in [3.8, 4) is 0 Å². The molecule has 2 rings (SSSR count). The molecule has 0 amide bonds. The van der Waals surface area contributed by atoms with Crippen molar-refractivity contribution < 1.29 is 15.0 Å². The van der Waals surface area contributed by atoms with Crippen LogP contribution in [0.4, 0.5) is 0 Å². The summed E-state index contributed by atoms with van der Waals surface area (Å²) in [6, 6.07) is 7.10. The molecule has 1 atom stereocenters. The van der Waals surface area contributed by atoms with E-state index in [-0.39, 0.29) is 6.61 Å². The average molecular weight is 235 g/mol. The van der Waals surface area contributed by atoms with Gasteiger partial charge in [0.05, 0.1) is 5.56 Å². The first-order valence-corrected chi connectivity index (χ1v) is 5.85. The Hall–Kier alpha value is -1.39. The summed E-state index contributed by atoms with van der Waals surface area (Å²) < 4.78 is 0. The Morgan fingerprint density at radius 3 is 2.82 bits per heavy atom. The molecule has 1 saturated heterocycles. The largest absolute Gasteiger partial charge is 0.478 e. The zero-order valence-electron chi connectivity index (χ0n) is 9.67. The van der Waals surface area contributed by atoms with E-state index in [1.54, 1.807) is 12.1 Å². The van der Waals surface area contributed by atoms with Crippen molar-refractivity contribution in [3.05, 3.63) is 35.4 Å². The van der Waals surface area contributed by atoms with E-state index >= 15 is 0 Å². The molecule has 1 fully saturated rings. The Bertz CT molecular complexity index is 405. The van der Waals surface area contributed by atoms with Gasteiger partial charge in [0.15, 0.2) is 0 Å². The van der Waals surface area contributed by atoms with E-state index in [0.717, 1.165) is 25.1 Å². The smallest absolute Gasteiger partial charge is 0.336 e. The fourth-order valence-electron chi connectivity index (χ4n) is 2.31. The zero-order chi connectivity index (χ0) is 12.3. The van der Waals surface area contributed by atoms with Crippen LogP contribution >= 0.6 is 0 Å². The van der Waals surface area contributed by atoms with E-state index in [1.165, 1.54) is 0 Å². The number of rotatable bonds is 4. The molecular formula is C13H17NO3. The predicted octanol–water partition coefficient (Wildman–Crippen LogP) is 1.20. The summed E-state index contributed by atoms with van der Waals surface area (Å²) in [4.78, 5) is 13.3. The third-order valence-corrected chi connectivity index (χ3v) is 3.27. The molecule has 0 aromatic heterocycles. The summed E-state index contributed by atoms with van der Waals surface area (Å²) in [5.74, 6) is -0.537. The van der Waals surface area contributed by atoms with Crippen LogP contribution in [0.25, 0.3) is 0 Å². The maximum atomic E-state index is 11.1. The Labute approximate surface area is 100 Å². The molecule has 4 nitrogen and oxygen atoms in total. The standard InChI is InChI=1S/C13H17NO3/c15-9-10-5-6-14(7-10)8-11-3-1-2-4-12(11)13(16)17/h1-4,10,15H,5-9H2,(H,16,17). The van der Waals surface area contributed by atoms with Crippen molar-refractivity contribution in [3.63, 3.8) is 0 Å². The molecule has 2 N–H and O–H groups in total. The van der Waals surface area contributed by atoms with Crippen LogP contribution in [0.5, 0.6) is 0 Å². The van der Waals surface area contributed by atoms with Crippen molar-refractivity contribution in [2.45, 2.75) is 13.0 Å². The van der Waals surface area contributed by atoms with Crippen molar-refractivity contribution >= 4 is 5.97 Å². The second kappa shape index (κ2) is 5.29. The Balaban J connectivity index is 2.06. The lowest BCUT2D eigenvalue weighted by Gasteiger charge is -2.16. The SMILES string of the molecule is O=C(O)c1ccccc1CN1CCC(CO)C1. The molecule has 1 aromatic rings. The van der Waals surface area contributed by atoms with Crippen molar-refractivity contribution in [2.75, 3.05) is 19.7 Å². The summed E-state index contributed by atoms with van der Waals surface area (Å²) >= 11 is 0. The van der Waals surface area contributed by atoms with Gasteiger partial charge in [-0.25, -0.2) is 4.79 Å². The Morgan fingerprint density at radius 1 is 1.41 bits per heavy atom. The van der Waals surface area contributed by atoms with Crippen LogP contribution in [0.2, 0.25) is 0 Å². The molecule has 0 radical (unpaired) electrons.